The van der Waals surface area contributed by atoms with Crippen molar-refractivity contribution in [3.63, 3.8) is 0 Å². The summed E-state index contributed by atoms with van der Waals surface area (Å²) in [4.78, 5) is 0.0392. The molecule has 0 aromatic heterocycles. The summed E-state index contributed by atoms with van der Waals surface area (Å²) in [5.74, 6) is -0.395. The van der Waals surface area contributed by atoms with Crippen LogP contribution in [0.4, 0.5) is 4.39 Å². The Morgan fingerprint density at radius 3 is 2.26 bits per heavy atom. The second kappa shape index (κ2) is 8.19. The van der Waals surface area contributed by atoms with Crippen LogP contribution in [0.2, 0.25) is 0 Å². The maximum atomic E-state index is 12.9. The highest BCUT2D eigenvalue weighted by Crippen LogP contribution is 2.22. The van der Waals surface area contributed by atoms with E-state index in [1.165, 1.54) is 12.1 Å². The maximum Gasteiger partial charge on any atom is 0.240 e. The number of aliphatic hydroxyl groups excluding tert-OH is 1. The lowest BCUT2D eigenvalue weighted by atomic mass is 9.93. The molecule has 6 heteroatoms. The van der Waals surface area contributed by atoms with Crippen molar-refractivity contribution in [1.29, 1.82) is 0 Å². The number of hydrogen-bond acceptors (Lipinski definition) is 3. The molecule has 124 valence electrons. The predicted octanol–water partition coefficient (Wildman–Crippen LogP) is 2.66. The molecule has 2 aromatic rings. The Hall–Kier alpha value is -1.76. The van der Waals surface area contributed by atoms with Crippen LogP contribution in [-0.4, -0.2) is 26.7 Å². The second-order valence-electron chi connectivity index (χ2n) is 5.26. The minimum atomic E-state index is -3.65. The molecule has 2 rings (SSSR count). The largest absolute Gasteiger partial charge is 0.396 e. The Kier molecular flexibility index (Phi) is 6.27. The van der Waals surface area contributed by atoms with E-state index in [-0.39, 0.29) is 24.0 Å². The van der Waals surface area contributed by atoms with E-state index in [0.29, 0.717) is 12.8 Å². The fraction of sp³-hybridized carbons (Fsp3) is 0.294. The smallest absolute Gasteiger partial charge is 0.240 e. The minimum Gasteiger partial charge on any atom is -0.396 e. The third kappa shape index (κ3) is 5.13. The number of halogens is 1. The zero-order chi connectivity index (χ0) is 16.7. The third-order valence-electron chi connectivity index (χ3n) is 3.66. The van der Waals surface area contributed by atoms with E-state index < -0.39 is 15.8 Å². The minimum absolute atomic E-state index is 0.0392. The first-order chi connectivity index (χ1) is 11.0. The average Bonchev–Trinajstić information content (AvgIpc) is 2.55. The molecule has 1 unspecified atom stereocenters. The number of benzene rings is 2. The van der Waals surface area contributed by atoms with Crippen LogP contribution in [0.15, 0.2) is 59.5 Å². The molecule has 0 saturated carbocycles. The van der Waals surface area contributed by atoms with E-state index in [2.05, 4.69) is 4.72 Å². The molecule has 0 bridgehead atoms. The van der Waals surface area contributed by atoms with Crippen LogP contribution in [0.3, 0.4) is 0 Å². The molecule has 1 atom stereocenters. The Balaban J connectivity index is 1.97. The highest BCUT2D eigenvalue weighted by atomic mass is 32.2. The van der Waals surface area contributed by atoms with Crippen LogP contribution in [-0.2, 0) is 10.0 Å². The average molecular weight is 337 g/mol. The van der Waals surface area contributed by atoms with Gasteiger partial charge in [0.1, 0.15) is 5.82 Å². The van der Waals surface area contributed by atoms with E-state index in [0.717, 1.165) is 17.7 Å². The summed E-state index contributed by atoms with van der Waals surface area (Å²) < 4.78 is 39.7. The molecule has 0 amide bonds. The van der Waals surface area contributed by atoms with Gasteiger partial charge >= 0.3 is 0 Å². The molecule has 0 fully saturated rings. The zero-order valence-corrected chi connectivity index (χ0v) is 13.5. The molecule has 2 aromatic carbocycles. The van der Waals surface area contributed by atoms with Crippen LogP contribution in [0, 0.1) is 5.82 Å². The van der Waals surface area contributed by atoms with Crippen LogP contribution in [0.1, 0.15) is 24.3 Å². The van der Waals surface area contributed by atoms with Gasteiger partial charge in [-0.3, -0.25) is 0 Å². The lowest BCUT2D eigenvalue weighted by Gasteiger charge is -2.16. The molecule has 2 N–H and O–H groups in total. The van der Waals surface area contributed by atoms with Gasteiger partial charge in [0.2, 0.25) is 10.0 Å². The summed E-state index contributed by atoms with van der Waals surface area (Å²) in [5, 5.41) is 9.19. The van der Waals surface area contributed by atoms with E-state index in [4.69, 9.17) is 0 Å². The van der Waals surface area contributed by atoms with Gasteiger partial charge in [-0.15, -0.1) is 0 Å². The molecule has 23 heavy (non-hydrogen) atoms. The third-order valence-corrected chi connectivity index (χ3v) is 5.13. The van der Waals surface area contributed by atoms with E-state index in [9.17, 15) is 17.9 Å². The van der Waals surface area contributed by atoms with Gasteiger partial charge in [0.05, 0.1) is 4.90 Å². The molecule has 0 aliphatic carbocycles. The van der Waals surface area contributed by atoms with Gasteiger partial charge in [0.25, 0.3) is 0 Å². The van der Waals surface area contributed by atoms with Crippen LogP contribution in [0.25, 0.3) is 0 Å². The predicted molar refractivity (Wildman–Crippen MR) is 87.1 cm³/mol. The van der Waals surface area contributed by atoms with Gasteiger partial charge in [0.15, 0.2) is 0 Å². The van der Waals surface area contributed by atoms with Crippen LogP contribution < -0.4 is 4.72 Å². The monoisotopic (exact) mass is 337 g/mol. The maximum absolute atomic E-state index is 12.9. The van der Waals surface area contributed by atoms with Crippen LogP contribution in [0.5, 0.6) is 0 Å². The van der Waals surface area contributed by atoms with Gasteiger partial charge in [0, 0.05) is 13.2 Å². The Labute approximate surface area is 136 Å². The van der Waals surface area contributed by atoms with Crippen molar-refractivity contribution in [2.75, 3.05) is 13.2 Å². The van der Waals surface area contributed by atoms with Crippen molar-refractivity contribution in [3.8, 4) is 0 Å². The first kappa shape index (κ1) is 17.6. The van der Waals surface area contributed by atoms with Crippen molar-refractivity contribution >= 4 is 10.0 Å². The Bertz CT molecular complexity index is 702. The number of aliphatic hydroxyl groups is 1. The molecular formula is C17H20FNO3S. The summed E-state index contributed by atoms with van der Waals surface area (Å²) >= 11 is 0. The quantitative estimate of drug-likeness (QED) is 0.778. The molecule has 4 nitrogen and oxygen atoms in total. The molecule has 0 aliphatic heterocycles. The lowest BCUT2D eigenvalue weighted by Crippen LogP contribution is -2.26. The van der Waals surface area contributed by atoms with Gasteiger partial charge in [-0.05, 0) is 48.6 Å². The van der Waals surface area contributed by atoms with Crippen LogP contribution >= 0.6 is 0 Å². The topological polar surface area (TPSA) is 66.4 Å². The summed E-state index contributed by atoms with van der Waals surface area (Å²) in [5.41, 5.74) is 1.07. The highest BCUT2D eigenvalue weighted by Gasteiger charge is 2.16. The van der Waals surface area contributed by atoms with Crippen molar-refractivity contribution in [2.45, 2.75) is 23.7 Å². The van der Waals surface area contributed by atoms with E-state index in [1.54, 1.807) is 0 Å². The van der Waals surface area contributed by atoms with E-state index >= 15 is 0 Å². The number of sulfonamides is 1. The molecule has 0 aliphatic rings. The summed E-state index contributed by atoms with van der Waals surface area (Å²) in [7, 11) is -3.65. The Morgan fingerprint density at radius 1 is 1.00 bits per heavy atom. The Morgan fingerprint density at radius 2 is 1.65 bits per heavy atom. The number of rotatable bonds is 8. The highest BCUT2D eigenvalue weighted by molar-refractivity contribution is 7.89. The van der Waals surface area contributed by atoms with E-state index in [1.807, 2.05) is 30.3 Å². The van der Waals surface area contributed by atoms with Gasteiger partial charge < -0.3 is 5.11 Å². The molecule has 0 spiro atoms. The van der Waals surface area contributed by atoms with Crippen molar-refractivity contribution in [3.05, 3.63) is 66.0 Å². The summed E-state index contributed by atoms with van der Waals surface area (Å²) in [6, 6.07) is 14.4. The first-order valence-corrected chi connectivity index (χ1v) is 8.92. The molecular weight excluding hydrogens is 317 g/mol. The van der Waals surface area contributed by atoms with Gasteiger partial charge in [-0.1, -0.05) is 30.3 Å². The SMILES string of the molecule is O=S(=O)(NCCC(CCO)c1ccccc1)c1ccc(F)cc1. The number of nitrogens with one attached hydrogen (secondary N) is 1. The van der Waals surface area contributed by atoms with Crippen molar-refractivity contribution in [1.82, 2.24) is 4.72 Å². The van der Waals surface area contributed by atoms with Crippen molar-refractivity contribution < 1.29 is 17.9 Å². The fourth-order valence-electron chi connectivity index (χ4n) is 2.42. The fourth-order valence-corrected chi connectivity index (χ4v) is 3.47. The summed E-state index contributed by atoms with van der Waals surface area (Å²) in [6.07, 6.45) is 1.15. The standard InChI is InChI=1S/C17H20FNO3S/c18-16-6-8-17(9-7-16)23(21,22)19-12-10-15(11-13-20)14-4-2-1-3-5-14/h1-9,15,19-20H,10-13H2. The van der Waals surface area contributed by atoms with Gasteiger partial charge in [-0.25, -0.2) is 17.5 Å². The second-order valence-corrected chi connectivity index (χ2v) is 7.03. The molecule has 0 heterocycles. The normalized spacial score (nSPS) is 13.0. The summed E-state index contributed by atoms with van der Waals surface area (Å²) in [6.45, 7) is 0.295. The van der Waals surface area contributed by atoms with Crippen molar-refractivity contribution in [2.24, 2.45) is 0 Å². The molecule has 0 radical (unpaired) electrons. The van der Waals surface area contributed by atoms with Gasteiger partial charge in [-0.2, -0.15) is 0 Å². The first-order valence-electron chi connectivity index (χ1n) is 7.44. The molecule has 0 saturated heterocycles. The zero-order valence-electron chi connectivity index (χ0n) is 12.7. The lowest BCUT2D eigenvalue weighted by molar-refractivity contribution is 0.273. The number of hydrogen-bond donors (Lipinski definition) is 2.